The largest absolute Gasteiger partial charge is 0.368 e. The van der Waals surface area contributed by atoms with Gasteiger partial charge in [-0.2, -0.15) is 0 Å². The van der Waals surface area contributed by atoms with Crippen molar-refractivity contribution in [2.75, 3.05) is 62.6 Å². The van der Waals surface area contributed by atoms with Gasteiger partial charge in [0.05, 0.1) is 16.3 Å². The third-order valence-corrected chi connectivity index (χ3v) is 7.60. The van der Waals surface area contributed by atoms with Gasteiger partial charge >= 0.3 is 0 Å². The number of nitro groups is 1. The van der Waals surface area contributed by atoms with Crippen molar-refractivity contribution in [1.29, 1.82) is 0 Å². The third kappa shape index (κ3) is 6.74. The van der Waals surface area contributed by atoms with Gasteiger partial charge in [-0.25, -0.2) is 0 Å². The number of benzene rings is 3. The molecule has 218 valence electrons. The molecule has 0 radical (unpaired) electrons. The lowest BCUT2D eigenvalue weighted by atomic mass is 10.1. The van der Waals surface area contributed by atoms with Gasteiger partial charge in [0.2, 0.25) is 0 Å². The van der Waals surface area contributed by atoms with Crippen LogP contribution >= 0.6 is 0 Å². The summed E-state index contributed by atoms with van der Waals surface area (Å²) in [5, 5.41) is 17.3. The number of nitrogens with one attached hydrogen (secondary N) is 2. The van der Waals surface area contributed by atoms with Crippen LogP contribution in [0.3, 0.4) is 0 Å². The number of hydrogen-bond acceptors (Lipinski definition) is 7. The van der Waals surface area contributed by atoms with Crippen LogP contribution in [0, 0.1) is 10.1 Å². The minimum Gasteiger partial charge on any atom is -0.368 e. The molecule has 2 saturated heterocycles. The van der Waals surface area contributed by atoms with Crippen LogP contribution < -0.4 is 15.5 Å². The molecule has 3 aromatic carbocycles. The topological polar surface area (TPSA) is 128 Å². The normalized spacial score (nSPS) is 15.9. The summed E-state index contributed by atoms with van der Waals surface area (Å²) in [6.07, 6.45) is 1.59. The van der Waals surface area contributed by atoms with Gasteiger partial charge in [0.15, 0.2) is 0 Å². The van der Waals surface area contributed by atoms with Gasteiger partial charge in [-0.3, -0.25) is 24.5 Å². The first-order valence-corrected chi connectivity index (χ1v) is 14.2. The van der Waals surface area contributed by atoms with Crippen molar-refractivity contribution in [1.82, 2.24) is 15.1 Å². The van der Waals surface area contributed by atoms with Crippen molar-refractivity contribution in [3.05, 3.63) is 99.6 Å². The molecule has 42 heavy (non-hydrogen) atoms. The Morgan fingerprint density at radius 2 is 1.40 bits per heavy atom. The lowest BCUT2D eigenvalue weighted by Crippen LogP contribution is -2.35. The Bertz CT molecular complexity index is 1440. The zero-order chi connectivity index (χ0) is 29.5. The summed E-state index contributed by atoms with van der Waals surface area (Å²) in [4.78, 5) is 56.1. The van der Waals surface area contributed by atoms with E-state index in [0.29, 0.717) is 56.1 Å². The average Bonchev–Trinajstić information content (AvgIpc) is 3.45. The molecule has 2 aliphatic rings. The van der Waals surface area contributed by atoms with Gasteiger partial charge in [-0.1, -0.05) is 18.2 Å². The second-order valence-electron chi connectivity index (χ2n) is 10.4. The van der Waals surface area contributed by atoms with Gasteiger partial charge in [0.25, 0.3) is 23.4 Å². The van der Waals surface area contributed by atoms with Gasteiger partial charge < -0.3 is 25.3 Å². The maximum atomic E-state index is 13.4. The van der Waals surface area contributed by atoms with Crippen LogP contribution in [0.1, 0.15) is 43.9 Å². The lowest BCUT2D eigenvalue weighted by Gasteiger charge is -2.27. The van der Waals surface area contributed by atoms with E-state index < -0.39 is 10.8 Å². The SMILES string of the molecule is O=C(Nc1cc(C(=O)N2CCCNCC2)ccc1N1CCCN(C(=O)c2ccccc2)CC1)c1ccc([N+](=O)[O-])cc1. The maximum Gasteiger partial charge on any atom is 0.269 e. The fourth-order valence-corrected chi connectivity index (χ4v) is 5.33. The van der Waals surface area contributed by atoms with Crippen molar-refractivity contribution in [2.24, 2.45) is 0 Å². The van der Waals surface area contributed by atoms with Crippen LogP contribution in [-0.4, -0.2) is 84.8 Å². The highest BCUT2D eigenvalue weighted by Crippen LogP contribution is 2.30. The summed E-state index contributed by atoms with van der Waals surface area (Å²) < 4.78 is 0. The van der Waals surface area contributed by atoms with E-state index in [1.165, 1.54) is 24.3 Å². The smallest absolute Gasteiger partial charge is 0.269 e. The van der Waals surface area contributed by atoms with Crippen molar-refractivity contribution in [2.45, 2.75) is 12.8 Å². The van der Waals surface area contributed by atoms with Crippen LogP contribution in [-0.2, 0) is 0 Å². The van der Waals surface area contributed by atoms with Gasteiger partial charge in [-0.15, -0.1) is 0 Å². The monoisotopic (exact) mass is 570 g/mol. The Balaban J connectivity index is 1.40. The molecule has 2 heterocycles. The second-order valence-corrected chi connectivity index (χ2v) is 10.4. The number of rotatable bonds is 6. The summed E-state index contributed by atoms with van der Waals surface area (Å²) in [5.74, 6) is -0.561. The van der Waals surface area contributed by atoms with Gasteiger partial charge in [0, 0.05) is 74.6 Å². The van der Waals surface area contributed by atoms with E-state index >= 15 is 0 Å². The Morgan fingerprint density at radius 1 is 0.714 bits per heavy atom. The quantitative estimate of drug-likeness (QED) is 0.342. The number of amides is 3. The predicted molar refractivity (Wildman–Crippen MR) is 160 cm³/mol. The molecule has 0 atom stereocenters. The zero-order valence-corrected chi connectivity index (χ0v) is 23.3. The Hall–Kier alpha value is -4.77. The van der Waals surface area contributed by atoms with Crippen molar-refractivity contribution >= 4 is 34.8 Å². The molecule has 0 unspecified atom stereocenters. The first kappa shape index (κ1) is 28.7. The summed E-state index contributed by atoms with van der Waals surface area (Å²) in [6.45, 7) is 5.14. The van der Waals surface area contributed by atoms with E-state index in [4.69, 9.17) is 0 Å². The molecular weight excluding hydrogens is 536 g/mol. The standard InChI is InChI=1S/C31H34N6O5/c38-29(23-8-11-26(12-9-23)37(41)42)33-27-22-25(31(40)35-16-4-14-32-15-19-35)10-13-28(27)34-17-5-18-36(21-20-34)30(39)24-6-2-1-3-7-24/h1-3,6-13,22,32H,4-5,14-21H2,(H,33,38). The molecule has 3 amide bonds. The number of carbonyl (C=O) groups is 3. The Kier molecular flexibility index (Phi) is 9.08. The van der Waals surface area contributed by atoms with Gasteiger partial charge in [-0.05, 0) is 61.9 Å². The Morgan fingerprint density at radius 3 is 2.17 bits per heavy atom. The van der Waals surface area contributed by atoms with Crippen LogP contribution in [0.5, 0.6) is 0 Å². The minimum absolute atomic E-state index is 0.0166. The third-order valence-electron chi connectivity index (χ3n) is 7.60. The molecule has 2 fully saturated rings. The molecule has 11 nitrogen and oxygen atoms in total. The number of nitrogens with zero attached hydrogens (tertiary/aromatic N) is 4. The maximum absolute atomic E-state index is 13.4. The fraction of sp³-hybridized carbons (Fsp3) is 0.323. The van der Waals surface area contributed by atoms with E-state index in [-0.39, 0.29) is 23.1 Å². The molecule has 0 aliphatic carbocycles. The lowest BCUT2D eigenvalue weighted by molar-refractivity contribution is -0.384. The predicted octanol–water partition coefficient (Wildman–Crippen LogP) is 3.64. The summed E-state index contributed by atoms with van der Waals surface area (Å²) in [6, 6.07) is 19.9. The molecule has 2 aliphatic heterocycles. The molecule has 2 N–H and O–H groups in total. The van der Waals surface area contributed by atoms with Crippen LogP contribution in [0.4, 0.5) is 17.1 Å². The van der Waals surface area contributed by atoms with Crippen LogP contribution in [0.25, 0.3) is 0 Å². The molecular formula is C31H34N6O5. The Labute approximate surface area is 244 Å². The molecule has 0 spiro atoms. The van der Waals surface area contributed by atoms with E-state index in [1.807, 2.05) is 46.2 Å². The number of anilines is 2. The first-order chi connectivity index (χ1) is 20.4. The molecule has 11 heteroatoms. The van der Waals surface area contributed by atoms with E-state index in [9.17, 15) is 24.5 Å². The number of hydrogen-bond donors (Lipinski definition) is 2. The summed E-state index contributed by atoms with van der Waals surface area (Å²) >= 11 is 0. The van der Waals surface area contributed by atoms with Gasteiger partial charge in [0.1, 0.15) is 0 Å². The molecule has 3 aromatic rings. The number of nitro benzene ring substituents is 1. The molecule has 0 aromatic heterocycles. The zero-order valence-electron chi connectivity index (χ0n) is 23.3. The highest BCUT2D eigenvalue weighted by molar-refractivity contribution is 6.07. The van der Waals surface area contributed by atoms with Crippen molar-refractivity contribution < 1.29 is 19.3 Å². The summed E-state index contributed by atoms with van der Waals surface area (Å²) in [5.41, 5.74) is 2.49. The second kappa shape index (κ2) is 13.3. The molecule has 0 saturated carbocycles. The van der Waals surface area contributed by atoms with Crippen LogP contribution in [0.15, 0.2) is 72.8 Å². The van der Waals surface area contributed by atoms with Crippen LogP contribution in [0.2, 0.25) is 0 Å². The fourth-order valence-electron chi connectivity index (χ4n) is 5.33. The highest BCUT2D eigenvalue weighted by Gasteiger charge is 2.24. The molecule has 5 rings (SSSR count). The summed E-state index contributed by atoms with van der Waals surface area (Å²) in [7, 11) is 0. The highest BCUT2D eigenvalue weighted by atomic mass is 16.6. The molecule has 0 bridgehead atoms. The van der Waals surface area contributed by atoms with E-state index in [0.717, 1.165) is 31.6 Å². The first-order valence-electron chi connectivity index (χ1n) is 14.2. The van der Waals surface area contributed by atoms with Crippen molar-refractivity contribution in [3.63, 3.8) is 0 Å². The number of non-ortho nitro benzene ring substituents is 1. The number of carbonyl (C=O) groups excluding carboxylic acids is 3. The van der Waals surface area contributed by atoms with Crippen molar-refractivity contribution in [3.8, 4) is 0 Å². The average molecular weight is 571 g/mol. The van der Waals surface area contributed by atoms with E-state index in [1.54, 1.807) is 12.1 Å². The minimum atomic E-state index is -0.515. The van der Waals surface area contributed by atoms with E-state index in [2.05, 4.69) is 15.5 Å².